The number of carbonyl (C=O) groups excluding carboxylic acids is 1. The molecule has 0 aromatic heterocycles. The second-order valence-electron chi connectivity index (χ2n) is 6.87. The number of hydrogen-bond donors (Lipinski definition) is 0. The maximum Gasteiger partial charge on any atom is 0.338 e. The van der Waals surface area contributed by atoms with Gasteiger partial charge in [-0.3, -0.25) is 4.90 Å². The molecular weight excluding hydrogens is 338 g/mol. The fourth-order valence-corrected chi connectivity index (χ4v) is 3.73. The first kappa shape index (κ1) is 19.6. The molecule has 3 rings (SSSR count). The summed E-state index contributed by atoms with van der Waals surface area (Å²) in [5, 5.41) is 0. The van der Waals surface area contributed by atoms with Crippen LogP contribution in [0.1, 0.15) is 42.6 Å². The fraction of sp³-hybridized carbons (Fsp3) is 0.435. The van der Waals surface area contributed by atoms with Gasteiger partial charge in [0.05, 0.1) is 12.2 Å². The Hall–Kier alpha value is -2.17. The van der Waals surface area contributed by atoms with Crippen molar-refractivity contribution in [3.05, 3.63) is 59.7 Å². The van der Waals surface area contributed by atoms with Crippen molar-refractivity contribution in [3.63, 3.8) is 0 Å². The minimum atomic E-state index is -0.257. The van der Waals surface area contributed by atoms with Crippen LogP contribution in [0, 0.1) is 0 Å². The Morgan fingerprint density at radius 3 is 2.52 bits per heavy atom. The third-order valence-corrected chi connectivity index (χ3v) is 5.19. The van der Waals surface area contributed by atoms with E-state index in [4.69, 9.17) is 9.47 Å². The predicted molar refractivity (Wildman–Crippen MR) is 108 cm³/mol. The van der Waals surface area contributed by atoms with Gasteiger partial charge in [-0.1, -0.05) is 43.3 Å². The van der Waals surface area contributed by atoms with Crippen LogP contribution in [0.5, 0.6) is 0 Å². The molecule has 0 spiro atoms. The minimum Gasteiger partial charge on any atom is -0.462 e. The Kier molecular flexibility index (Phi) is 7.02. The fourth-order valence-electron chi connectivity index (χ4n) is 3.73. The van der Waals surface area contributed by atoms with Crippen molar-refractivity contribution >= 4 is 5.97 Å². The normalized spacial score (nSPS) is 15.1. The van der Waals surface area contributed by atoms with Crippen molar-refractivity contribution in [2.24, 2.45) is 0 Å². The second kappa shape index (κ2) is 9.67. The Bertz CT molecular complexity index is 739. The molecule has 144 valence electrons. The van der Waals surface area contributed by atoms with E-state index in [1.165, 1.54) is 16.7 Å². The summed E-state index contributed by atoms with van der Waals surface area (Å²) in [6.45, 7) is 7.87. The molecule has 0 amide bonds. The smallest absolute Gasteiger partial charge is 0.338 e. The van der Waals surface area contributed by atoms with Crippen LogP contribution in [0.2, 0.25) is 0 Å². The van der Waals surface area contributed by atoms with E-state index >= 15 is 0 Å². The van der Waals surface area contributed by atoms with E-state index in [0.29, 0.717) is 18.2 Å². The molecule has 2 aromatic carbocycles. The molecule has 4 nitrogen and oxygen atoms in total. The average molecular weight is 367 g/mol. The molecule has 0 radical (unpaired) electrons. The zero-order chi connectivity index (χ0) is 19.1. The summed E-state index contributed by atoms with van der Waals surface area (Å²) < 4.78 is 10.7. The van der Waals surface area contributed by atoms with Crippen molar-refractivity contribution in [1.82, 2.24) is 4.90 Å². The van der Waals surface area contributed by atoms with Gasteiger partial charge in [-0.2, -0.15) is 0 Å². The summed E-state index contributed by atoms with van der Waals surface area (Å²) in [6, 6.07) is 16.8. The van der Waals surface area contributed by atoms with Gasteiger partial charge in [0, 0.05) is 25.8 Å². The highest BCUT2D eigenvalue weighted by molar-refractivity contribution is 5.90. The highest BCUT2D eigenvalue weighted by atomic mass is 16.5. The molecule has 0 atom stereocenters. The van der Waals surface area contributed by atoms with E-state index in [1.54, 1.807) is 0 Å². The zero-order valence-corrected chi connectivity index (χ0v) is 16.3. The summed E-state index contributed by atoms with van der Waals surface area (Å²) in [5.74, 6) is -0.257. The number of ether oxygens (including phenoxy) is 2. The lowest BCUT2D eigenvalue weighted by atomic mass is 9.96. The summed E-state index contributed by atoms with van der Waals surface area (Å²) in [5.41, 5.74) is 4.13. The molecule has 0 aliphatic carbocycles. The van der Waals surface area contributed by atoms with Gasteiger partial charge in [0.1, 0.15) is 0 Å². The lowest BCUT2D eigenvalue weighted by Gasteiger charge is -2.34. The summed E-state index contributed by atoms with van der Waals surface area (Å²) >= 11 is 0. The van der Waals surface area contributed by atoms with Gasteiger partial charge in [0.15, 0.2) is 0 Å². The molecule has 1 saturated heterocycles. The van der Waals surface area contributed by atoms with E-state index in [1.807, 2.05) is 25.1 Å². The number of esters is 1. The standard InChI is InChI=1S/C23H29NO3/c1-3-24(21-12-14-26-15-13-21)17-20-16-19(23(25)27-4-2)10-11-22(20)18-8-6-5-7-9-18/h5-11,16,21H,3-4,12-15,17H2,1-2H3. The summed E-state index contributed by atoms with van der Waals surface area (Å²) in [6.07, 6.45) is 2.12. The Morgan fingerprint density at radius 1 is 1.11 bits per heavy atom. The van der Waals surface area contributed by atoms with Crippen LogP contribution in [-0.2, 0) is 16.0 Å². The monoisotopic (exact) mass is 367 g/mol. The average Bonchev–Trinajstić information content (AvgIpc) is 2.73. The Labute approximate surface area is 162 Å². The zero-order valence-electron chi connectivity index (χ0n) is 16.3. The number of hydrogen-bond acceptors (Lipinski definition) is 4. The molecule has 0 N–H and O–H groups in total. The number of nitrogens with zero attached hydrogens (tertiary/aromatic N) is 1. The predicted octanol–water partition coefficient (Wildman–Crippen LogP) is 4.53. The van der Waals surface area contributed by atoms with Crippen LogP contribution in [0.15, 0.2) is 48.5 Å². The molecular formula is C23H29NO3. The van der Waals surface area contributed by atoms with Gasteiger partial charge in [-0.25, -0.2) is 4.79 Å². The molecule has 0 unspecified atom stereocenters. The SMILES string of the molecule is CCOC(=O)c1ccc(-c2ccccc2)c(CN(CC)C2CCOCC2)c1. The van der Waals surface area contributed by atoms with Crippen molar-refractivity contribution in [2.75, 3.05) is 26.4 Å². The molecule has 1 fully saturated rings. The van der Waals surface area contributed by atoms with E-state index in [2.05, 4.69) is 42.2 Å². The maximum absolute atomic E-state index is 12.2. The molecule has 1 aliphatic rings. The highest BCUT2D eigenvalue weighted by Crippen LogP contribution is 2.28. The lowest BCUT2D eigenvalue weighted by Crippen LogP contribution is -2.39. The first-order valence-corrected chi connectivity index (χ1v) is 9.90. The van der Waals surface area contributed by atoms with Gasteiger partial charge in [-0.15, -0.1) is 0 Å². The largest absolute Gasteiger partial charge is 0.462 e. The van der Waals surface area contributed by atoms with E-state index in [-0.39, 0.29) is 5.97 Å². The Morgan fingerprint density at radius 2 is 1.85 bits per heavy atom. The number of carbonyl (C=O) groups is 1. The van der Waals surface area contributed by atoms with E-state index in [0.717, 1.165) is 39.1 Å². The van der Waals surface area contributed by atoms with Crippen LogP contribution in [0.3, 0.4) is 0 Å². The van der Waals surface area contributed by atoms with E-state index < -0.39 is 0 Å². The van der Waals surface area contributed by atoms with Gasteiger partial charge in [0.25, 0.3) is 0 Å². The van der Waals surface area contributed by atoms with Crippen molar-refractivity contribution in [3.8, 4) is 11.1 Å². The summed E-state index contributed by atoms with van der Waals surface area (Å²) in [4.78, 5) is 14.7. The third-order valence-electron chi connectivity index (χ3n) is 5.19. The molecule has 2 aromatic rings. The van der Waals surface area contributed by atoms with Gasteiger partial charge >= 0.3 is 5.97 Å². The van der Waals surface area contributed by atoms with Crippen LogP contribution in [0.4, 0.5) is 0 Å². The maximum atomic E-state index is 12.2. The van der Waals surface area contributed by atoms with Crippen LogP contribution < -0.4 is 0 Å². The van der Waals surface area contributed by atoms with Gasteiger partial charge < -0.3 is 9.47 Å². The molecule has 27 heavy (non-hydrogen) atoms. The summed E-state index contributed by atoms with van der Waals surface area (Å²) in [7, 11) is 0. The van der Waals surface area contributed by atoms with Gasteiger partial charge in [-0.05, 0) is 55.1 Å². The van der Waals surface area contributed by atoms with Crippen LogP contribution >= 0.6 is 0 Å². The first-order valence-electron chi connectivity index (χ1n) is 9.90. The minimum absolute atomic E-state index is 0.257. The van der Waals surface area contributed by atoms with Gasteiger partial charge in [0.2, 0.25) is 0 Å². The van der Waals surface area contributed by atoms with Crippen molar-refractivity contribution in [2.45, 2.75) is 39.3 Å². The second-order valence-corrected chi connectivity index (χ2v) is 6.87. The molecule has 1 aliphatic heterocycles. The third kappa shape index (κ3) is 4.96. The highest BCUT2D eigenvalue weighted by Gasteiger charge is 2.22. The van der Waals surface area contributed by atoms with E-state index in [9.17, 15) is 4.79 Å². The first-order chi connectivity index (χ1) is 13.2. The Balaban J connectivity index is 1.93. The number of rotatable bonds is 7. The molecule has 4 heteroatoms. The topological polar surface area (TPSA) is 38.8 Å². The van der Waals surface area contributed by atoms with Crippen LogP contribution in [-0.4, -0.2) is 43.3 Å². The van der Waals surface area contributed by atoms with Crippen molar-refractivity contribution < 1.29 is 14.3 Å². The number of benzene rings is 2. The molecule has 0 bridgehead atoms. The van der Waals surface area contributed by atoms with Crippen molar-refractivity contribution in [1.29, 1.82) is 0 Å². The van der Waals surface area contributed by atoms with Crippen LogP contribution in [0.25, 0.3) is 11.1 Å². The molecule has 1 heterocycles. The lowest BCUT2D eigenvalue weighted by molar-refractivity contribution is 0.0330. The molecule has 0 saturated carbocycles. The quantitative estimate of drug-likeness (QED) is 0.674.